The van der Waals surface area contributed by atoms with Gasteiger partial charge < -0.3 is 4.90 Å². The molecule has 1 aromatic rings. The molecule has 0 bridgehead atoms. The van der Waals surface area contributed by atoms with Crippen LogP contribution in [0.25, 0.3) is 0 Å². The number of hydrazone groups is 1. The molecule has 0 aromatic carbocycles. The van der Waals surface area contributed by atoms with Crippen molar-refractivity contribution in [3.63, 3.8) is 0 Å². The van der Waals surface area contributed by atoms with Crippen LogP contribution in [0.2, 0.25) is 0 Å². The topological polar surface area (TPSA) is 86.3 Å². The highest BCUT2D eigenvalue weighted by atomic mass is 79.9. The molecule has 0 spiro atoms. The minimum absolute atomic E-state index is 0.0565. The molecule has 1 amide bonds. The van der Waals surface area contributed by atoms with Crippen LogP contribution in [0.15, 0.2) is 28.0 Å². The van der Waals surface area contributed by atoms with E-state index in [2.05, 4.69) is 38.1 Å². The second-order valence-electron chi connectivity index (χ2n) is 6.11. The fourth-order valence-electron chi connectivity index (χ4n) is 2.30. The van der Waals surface area contributed by atoms with E-state index in [1.807, 2.05) is 26.8 Å². The molecule has 1 atom stereocenters. The van der Waals surface area contributed by atoms with Crippen molar-refractivity contribution in [1.29, 1.82) is 5.26 Å². The summed E-state index contributed by atoms with van der Waals surface area (Å²) in [6.45, 7) is 10.9. The number of hydrogen-bond donors (Lipinski definition) is 1. The maximum atomic E-state index is 12.4. The number of rotatable bonds is 5. The first-order valence-corrected chi connectivity index (χ1v) is 8.56. The number of carbonyl (C=O) groups excluding carboxylic acids is 1. The largest absolute Gasteiger partial charge is 0.335 e. The molecule has 1 fully saturated rings. The molecule has 1 unspecified atom stereocenters. The fourth-order valence-corrected chi connectivity index (χ4v) is 2.68. The number of hydrogen-bond acceptors (Lipinski definition) is 5. The van der Waals surface area contributed by atoms with Gasteiger partial charge in [0.2, 0.25) is 0 Å². The summed E-state index contributed by atoms with van der Waals surface area (Å²) < 4.78 is 2.41. The Morgan fingerprint density at radius 2 is 2.33 bits per heavy atom. The standard InChI is InChI=1S/C16H21BrN6O/c1-10(2)11(3)19-20-12(4)16(24)22-6-5-13(8-22)23-9-14(17)15(7-18)21-23/h9-10,13,20H,4-6,8H2,1-3H3/b19-11+. The van der Waals surface area contributed by atoms with Crippen LogP contribution >= 0.6 is 15.9 Å². The Kier molecular flexibility index (Phi) is 5.78. The summed E-state index contributed by atoms with van der Waals surface area (Å²) in [6.07, 6.45) is 2.56. The molecule has 0 saturated carbocycles. The molecule has 0 radical (unpaired) electrons. The summed E-state index contributed by atoms with van der Waals surface area (Å²) in [4.78, 5) is 14.2. The van der Waals surface area contributed by atoms with Crippen molar-refractivity contribution in [3.05, 3.63) is 28.6 Å². The van der Waals surface area contributed by atoms with Gasteiger partial charge in [0.1, 0.15) is 11.8 Å². The van der Waals surface area contributed by atoms with Crippen LogP contribution in [0.1, 0.15) is 38.9 Å². The Morgan fingerprint density at radius 1 is 1.62 bits per heavy atom. The van der Waals surface area contributed by atoms with E-state index in [9.17, 15) is 4.79 Å². The van der Waals surface area contributed by atoms with Crippen LogP contribution in [0.3, 0.4) is 0 Å². The SMILES string of the molecule is C=C(N/N=C(\C)C(C)C)C(=O)N1CCC(n2cc(Br)c(C#N)n2)C1. The van der Waals surface area contributed by atoms with Gasteiger partial charge in [0.15, 0.2) is 5.69 Å². The van der Waals surface area contributed by atoms with Gasteiger partial charge in [-0.1, -0.05) is 20.4 Å². The summed E-state index contributed by atoms with van der Waals surface area (Å²) >= 11 is 3.31. The first kappa shape index (κ1) is 18.2. The van der Waals surface area contributed by atoms with Crippen molar-refractivity contribution in [2.75, 3.05) is 13.1 Å². The van der Waals surface area contributed by atoms with Gasteiger partial charge in [-0.05, 0) is 35.2 Å². The van der Waals surface area contributed by atoms with Gasteiger partial charge >= 0.3 is 0 Å². The first-order chi connectivity index (χ1) is 11.3. The van der Waals surface area contributed by atoms with Gasteiger partial charge in [-0.25, -0.2) is 0 Å². The minimum atomic E-state index is -0.162. The lowest BCUT2D eigenvalue weighted by Gasteiger charge is -2.18. The summed E-state index contributed by atoms with van der Waals surface area (Å²) in [7, 11) is 0. The molecule has 1 aliphatic rings. The second-order valence-corrected chi connectivity index (χ2v) is 6.96. The predicted octanol–water partition coefficient (Wildman–Crippen LogP) is 2.43. The number of aromatic nitrogens is 2. The molecule has 0 aliphatic carbocycles. The second kappa shape index (κ2) is 7.62. The molecular weight excluding hydrogens is 372 g/mol. The highest BCUT2D eigenvalue weighted by molar-refractivity contribution is 9.10. The number of nitrogens with zero attached hydrogens (tertiary/aromatic N) is 5. The van der Waals surface area contributed by atoms with Crippen LogP contribution < -0.4 is 5.43 Å². The van der Waals surface area contributed by atoms with Gasteiger partial charge in [-0.3, -0.25) is 14.9 Å². The van der Waals surface area contributed by atoms with Crippen molar-refractivity contribution in [2.45, 2.75) is 33.2 Å². The number of halogens is 1. The molecule has 8 heteroatoms. The first-order valence-electron chi connectivity index (χ1n) is 7.76. The van der Waals surface area contributed by atoms with Crippen molar-refractivity contribution in [3.8, 4) is 6.07 Å². The number of carbonyl (C=O) groups is 1. The Morgan fingerprint density at radius 3 is 2.92 bits per heavy atom. The normalized spacial score (nSPS) is 17.9. The molecule has 24 heavy (non-hydrogen) atoms. The lowest BCUT2D eigenvalue weighted by atomic mass is 10.1. The molecular formula is C16H21BrN6O. The third-order valence-corrected chi connectivity index (χ3v) is 4.66. The van der Waals surface area contributed by atoms with E-state index in [4.69, 9.17) is 5.26 Å². The Bertz CT molecular complexity index is 715. The zero-order valence-corrected chi connectivity index (χ0v) is 15.7. The Balaban J connectivity index is 1.97. The maximum absolute atomic E-state index is 12.4. The quantitative estimate of drug-likeness (QED) is 0.473. The smallest absolute Gasteiger partial charge is 0.271 e. The van der Waals surface area contributed by atoms with Crippen molar-refractivity contribution in [2.24, 2.45) is 11.0 Å². The van der Waals surface area contributed by atoms with Crippen molar-refractivity contribution < 1.29 is 4.79 Å². The molecule has 1 aromatic heterocycles. The maximum Gasteiger partial charge on any atom is 0.271 e. The average Bonchev–Trinajstić information content (AvgIpc) is 3.17. The number of likely N-dealkylation sites (tertiary alicyclic amines) is 1. The molecule has 2 heterocycles. The summed E-state index contributed by atoms with van der Waals surface area (Å²) in [5.41, 5.74) is 4.27. The summed E-state index contributed by atoms with van der Waals surface area (Å²) in [6, 6.07) is 2.09. The monoisotopic (exact) mass is 392 g/mol. The van der Waals surface area contributed by atoms with Crippen LogP contribution in [0.4, 0.5) is 0 Å². The highest BCUT2D eigenvalue weighted by Gasteiger charge is 2.29. The number of nitriles is 1. The lowest BCUT2D eigenvalue weighted by Crippen LogP contribution is -2.33. The number of nitrogens with one attached hydrogen (secondary N) is 1. The van der Waals surface area contributed by atoms with E-state index in [1.54, 1.807) is 15.8 Å². The zero-order chi connectivity index (χ0) is 17.9. The molecule has 128 valence electrons. The van der Waals surface area contributed by atoms with Crippen molar-refractivity contribution in [1.82, 2.24) is 20.1 Å². The molecule has 2 rings (SSSR count). The van der Waals surface area contributed by atoms with E-state index in [1.165, 1.54) is 0 Å². The van der Waals surface area contributed by atoms with Crippen molar-refractivity contribution >= 4 is 27.5 Å². The van der Waals surface area contributed by atoms with E-state index in [0.717, 1.165) is 12.1 Å². The third-order valence-electron chi connectivity index (χ3n) is 4.08. The predicted molar refractivity (Wildman–Crippen MR) is 95.1 cm³/mol. The van der Waals surface area contributed by atoms with Gasteiger partial charge in [-0.15, -0.1) is 0 Å². The summed E-state index contributed by atoms with van der Waals surface area (Å²) in [5, 5.41) is 17.4. The third kappa shape index (κ3) is 4.03. The summed E-state index contributed by atoms with van der Waals surface area (Å²) in [5.74, 6) is 0.147. The van der Waals surface area contributed by atoms with E-state index < -0.39 is 0 Å². The Hall–Kier alpha value is -2.14. The van der Waals surface area contributed by atoms with E-state index in [0.29, 0.717) is 29.2 Å². The number of amides is 1. The molecule has 1 saturated heterocycles. The Labute approximate surface area is 150 Å². The van der Waals surface area contributed by atoms with Gasteiger partial charge in [0.25, 0.3) is 5.91 Å². The van der Waals surface area contributed by atoms with E-state index in [-0.39, 0.29) is 17.6 Å². The van der Waals surface area contributed by atoms with Crippen LogP contribution in [0.5, 0.6) is 0 Å². The molecule has 7 nitrogen and oxygen atoms in total. The lowest BCUT2D eigenvalue weighted by molar-refractivity contribution is -0.126. The van der Waals surface area contributed by atoms with Gasteiger partial charge in [0, 0.05) is 25.0 Å². The van der Waals surface area contributed by atoms with Crippen LogP contribution in [-0.4, -0.2) is 39.4 Å². The highest BCUT2D eigenvalue weighted by Crippen LogP contribution is 2.24. The van der Waals surface area contributed by atoms with E-state index >= 15 is 0 Å². The fraction of sp³-hybridized carbons (Fsp3) is 0.500. The van der Waals surface area contributed by atoms with Crippen LogP contribution in [0, 0.1) is 17.2 Å². The molecule has 1 aliphatic heterocycles. The van der Waals surface area contributed by atoms with Gasteiger partial charge in [0.05, 0.1) is 10.5 Å². The zero-order valence-electron chi connectivity index (χ0n) is 14.1. The van der Waals surface area contributed by atoms with Gasteiger partial charge in [-0.2, -0.15) is 15.5 Å². The van der Waals surface area contributed by atoms with Crippen LogP contribution in [-0.2, 0) is 4.79 Å². The molecule has 1 N–H and O–H groups in total. The average molecular weight is 393 g/mol. The minimum Gasteiger partial charge on any atom is -0.335 e.